The van der Waals surface area contributed by atoms with E-state index >= 15 is 0 Å². The van der Waals surface area contributed by atoms with Gasteiger partial charge in [-0.3, -0.25) is 0 Å². The van der Waals surface area contributed by atoms with Crippen LogP contribution in [0.1, 0.15) is 25.3 Å². The molecule has 0 saturated heterocycles. The molecule has 0 spiro atoms. The van der Waals surface area contributed by atoms with Crippen LogP contribution in [0, 0.1) is 0 Å². The van der Waals surface area contributed by atoms with E-state index in [1.165, 1.54) is 6.92 Å². The molecule has 0 heterocycles. The lowest BCUT2D eigenvalue weighted by molar-refractivity contribution is -0.146. The van der Waals surface area contributed by atoms with Crippen molar-refractivity contribution < 1.29 is 27.8 Å². The summed E-state index contributed by atoms with van der Waals surface area (Å²) in [5, 5.41) is 2.11. The first-order valence-electron chi connectivity index (χ1n) is 6.81. The Balaban J connectivity index is 2.57. The Morgan fingerprint density at radius 2 is 1.91 bits per heavy atom. The van der Waals surface area contributed by atoms with Crippen LogP contribution < -0.4 is 5.32 Å². The first-order chi connectivity index (χ1) is 10.4. The first-order valence-corrected chi connectivity index (χ1v) is 6.81. The lowest BCUT2D eigenvalue weighted by Crippen LogP contribution is -2.45. The summed E-state index contributed by atoms with van der Waals surface area (Å²) in [7, 11) is 1.07. The predicted octanol–water partition coefficient (Wildman–Crippen LogP) is 2.89. The lowest BCUT2D eigenvalue weighted by Gasteiger charge is -2.21. The van der Waals surface area contributed by atoms with Gasteiger partial charge >= 0.3 is 12.1 Å². The normalized spacial score (nSPS) is 12.4. The Kier molecular flexibility index (Phi) is 6.75. The molecule has 1 aromatic carbocycles. The minimum atomic E-state index is -3.08. The highest BCUT2D eigenvalue weighted by Gasteiger charge is 2.35. The number of nitrogens with one attached hydrogen (secondary N) is 1. The Morgan fingerprint density at radius 3 is 2.45 bits per heavy atom. The fraction of sp³-hybridized carbons (Fsp3) is 0.467. The monoisotopic (exact) mass is 315 g/mol. The van der Waals surface area contributed by atoms with Crippen molar-refractivity contribution in [3.8, 4) is 0 Å². The number of carbonyl (C=O) groups is 2. The smallest absolute Gasteiger partial charge is 0.408 e. The highest BCUT2D eigenvalue weighted by Crippen LogP contribution is 2.24. The van der Waals surface area contributed by atoms with Crippen LogP contribution in [0.2, 0.25) is 0 Å². The molecule has 0 aliphatic heterocycles. The Hall–Kier alpha value is -2.18. The van der Waals surface area contributed by atoms with Gasteiger partial charge in [0.05, 0.1) is 7.11 Å². The van der Waals surface area contributed by atoms with Crippen LogP contribution in [0.4, 0.5) is 13.6 Å². The number of amides is 1. The van der Waals surface area contributed by atoms with Crippen LogP contribution in [0.15, 0.2) is 30.3 Å². The van der Waals surface area contributed by atoms with Crippen molar-refractivity contribution in [1.29, 1.82) is 0 Å². The average molecular weight is 315 g/mol. The summed E-state index contributed by atoms with van der Waals surface area (Å²) in [4.78, 5) is 23.1. The molecule has 1 atom stereocenters. The van der Waals surface area contributed by atoms with Crippen molar-refractivity contribution in [2.24, 2.45) is 0 Å². The molecule has 1 rings (SSSR count). The summed E-state index contributed by atoms with van der Waals surface area (Å²) in [5.41, 5.74) is 0.742. The van der Waals surface area contributed by atoms with Gasteiger partial charge < -0.3 is 14.8 Å². The predicted molar refractivity (Wildman–Crippen MR) is 75.4 cm³/mol. The van der Waals surface area contributed by atoms with Gasteiger partial charge in [-0.2, -0.15) is 0 Å². The zero-order valence-electron chi connectivity index (χ0n) is 12.5. The molecule has 1 amide bonds. The second-order valence-electron chi connectivity index (χ2n) is 4.70. The topological polar surface area (TPSA) is 64.6 Å². The number of rotatable bonds is 7. The van der Waals surface area contributed by atoms with Crippen molar-refractivity contribution >= 4 is 12.1 Å². The summed E-state index contributed by atoms with van der Waals surface area (Å²) in [6.45, 7) is 1.27. The third-order valence-electron chi connectivity index (χ3n) is 3.01. The van der Waals surface area contributed by atoms with E-state index < -0.39 is 36.9 Å². The number of methoxy groups -OCH3 is 1. The van der Waals surface area contributed by atoms with Crippen molar-refractivity contribution in [3.05, 3.63) is 35.9 Å². The quantitative estimate of drug-likeness (QED) is 0.786. The molecule has 0 saturated carbocycles. The van der Waals surface area contributed by atoms with Crippen LogP contribution in [0.5, 0.6) is 0 Å². The SMILES string of the molecule is CCC(F)(F)CC(NC(=O)OCc1ccccc1)C(=O)OC. The zero-order valence-corrected chi connectivity index (χ0v) is 12.5. The number of carbonyl (C=O) groups excluding carboxylic acids is 2. The second-order valence-corrected chi connectivity index (χ2v) is 4.70. The van der Waals surface area contributed by atoms with Crippen LogP contribution in [-0.4, -0.2) is 31.1 Å². The number of halogens is 2. The van der Waals surface area contributed by atoms with Gasteiger partial charge in [0.15, 0.2) is 0 Å². The van der Waals surface area contributed by atoms with Gasteiger partial charge in [0.25, 0.3) is 0 Å². The molecule has 1 N–H and O–H groups in total. The van der Waals surface area contributed by atoms with Crippen molar-refractivity contribution in [2.45, 2.75) is 38.3 Å². The van der Waals surface area contributed by atoms with Crippen LogP contribution in [0.3, 0.4) is 0 Å². The molecule has 0 aliphatic rings. The Labute approximate surface area is 127 Å². The highest BCUT2D eigenvalue weighted by atomic mass is 19.3. The number of ether oxygens (including phenoxy) is 2. The molecule has 0 aromatic heterocycles. The standard InChI is InChI=1S/C15H19F2NO4/c1-3-15(16,17)9-12(13(19)21-2)18-14(20)22-10-11-7-5-4-6-8-11/h4-8,12H,3,9-10H2,1-2H3,(H,18,20). The van der Waals surface area contributed by atoms with Crippen molar-refractivity contribution in [2.75, 3.05) is 7.11 Å². The van der Waals surface area contributed by atoms with Crippen LogP contribution in [0.25, 0.3) is 0 Å². The van der Waals surface area contributed by atoms with Gasteiger partial charge in [0.2, 0.25) is 5.92 Å². The van der Waals surface area contributed by atoms with Crippen LogP contribution >= 0.6 is 0 Å². The van der Waals surface area contributed by atoms with Crippen LogP contribution in [-0.2, 0) is 20.9 Å². The largest absolute Gasteiger partial charge is 0.467 e. The number of esters is 1. The number of alkyl halides is 2. The molecule has 7 heteroatoms. The van der Waals surface area contributed by atoms with Gasteiger partial charge in [0, 0.05) is 12.8 Å². The molecule has 0 fully saturated rings. The Bertz CT molecular complexity index is 494. The van der Waals surface area contributed by atoms with E-state index in [9.17, 15) is 18.4 Å². The average Bonchev–Trinajstić information content (AvgIpc) is 2.52. The van der Waals surface area contributed by atoms with E-state index in [0.29, 0.717) is 0 Å². The summed E-state index contributed by atoms with van der Waals surface area (Å²) in [6.07, 6.45) is -2.23. The molecule has 122 valence electrons. The molecule has 0 radical (unpaired) electrons. The third kappa shape index (κ3) is 6.07. The maximum Gasteiger partial charge on any atom is 0.408 e. The Morgan fingerprint density at radius 1 is 1.27 bits per heavy atom. The highest BCUT2D eigenvalue weighted by molar-refractivity contribution is 5.81. The van der Waals surface area contributed by atoms with Gasteiger partial charge in [-0.05, 0) is 5.56 Å². The van der Waals surface area contributed by atoms with E-state index in [1.807, 2.05) is 6.07 Å². The van der Waals surface area contributed by atoms with Gasteiger partial charge in [0.1, 0.15) is 12.6 Å². The van der Waals surface area contributed by atoms with E-state index in [1.54, 1.807) is 24.3 Å². The molecule has 0 bridgehead atoms. The second kappa shape index (κ2) is 8.31. The summed E-state index contributed by atoms with van der Waals surface area (Å²) in [5.74, 6) is -4.02. The fourth-order valence-corrected chi connectivity index (χ4v) is 1.69. The number of benzene rings is 1. The van der Waals surface area contributed by atoms with Gasteiger partial charge in [-0.15, -0.1) is 0 Å². The number of hydrogen-bond acceptors (Lipinski definition) is 4. The molecular weight excluding hydrogens is 296 g/mol. The van der Waals surface area contributed by atoms with Gasteiger partial charge in [-0.1, -0.05) is 37.3 Å². The summed E-state index contributed by atoms with van der Waals surface area (Å²) >= 11 is 0. The van der Waals surface area contributed by atoms with Gasteiger partial charge in [-0.25, -0.2) is 18.4 Å². The van der Waals surface area contributed by atoms with Crippen molar-refractivity contribution in [1.82, 2.24) is 5.32 Å². The van der Waals surface area contributed by atoms with E-state index in [0.717, 1.165) is 12.7 Å². The molecule has 0 aliphatic carbocycles. The van der Waals surface area contributed by atoms with E-state index in [-0.39, 0.29) is 6.61 Å². The molecule has 1 unspecified atom stereocenters. The fourth-order valence-electron chi connectivity index (χ4n) is 1.69. The molecule has 22 heavy (non-hydrogen) atoms. The maximum atomic E-state index is 13.4. The first kappa shape index (κ1) is 17.9. The molecule has 5 nitrogen and oxygen atoms in total. The van der Waals surface area contributed by atoms with E-state index in [2.05, 4.69) is 10.1 Å². The zero-order chi connectivity index (χ0) is 16.6. The maximum absolute atomic E-state index is 13.4. The summed E-state index contributed by atoms with van der Waals surface area (Å²) < 4.78 is 36.1. The third-order valence-corrected chi connectivity index (χ3v) is 3.01. The molecule has 1 aromatic rings. The molecular formula is C15H19F2NO4. The van der Waals surface area contributed by atoms with Crippen molar-refractivity contribution in [3.63, 3.8) is 0 Å². The van der Waals surface area contributed by atoms with E-state index in [4.69, 9.17) is 4.74 Å². The number of alkyl carbamates (subject to hydrolysis) is 1. The lowest BCUT2D eigenvalue weighted by atomic mass is 10.1. The number of hydrogen-bond donors (Lipinski definition) is 1. The minimum Gasteiger partial charge on any atom is -0.467 e. The minimum absolute atomic E-state index is 0.0231. The summed E-state index contributed by atoms with van der Waals surface area (Å²) in [6, 6.07) is 7.39.